The van der Waals surface area contributed by atoms with E-state index < -0.39 is 0 Å². The Kier molecular flexibility index (Phi) is 4.21. The highest BCUT2D eigenvalue weighted by Gasteiger charge is 2.35. The van der Waals surface area contributed by atoms with Crippen molar-refractivity contribution in [3.05, 3.63) is 17.0 Å². The van der Waals surface area contributed by atoms with Crippen molar-refractivity contribution in [3.63, 3.8) is 0 Å². The Balaban J connectivity index is 2.03. The Hall–Kier alpha value is -1.40. The number of amides is 1. The molecule has 2 atom stereocenters. The van der Waals surface area contributed by atoms with Crippen molar-refractivity contribution in [2.24, 2.45) is 5.92 Å². The van der Waals surface area contributed by atoms with Gasteiger partial charge >= 0.3 is 0 Å². The lowest BCUT2D eigenvalue weighted by molar-refractivity contribution is -0.135. The summed E-state index contributed by atoms with van der Waals surface area (Å²) >= 11 is 0. The van der Waals surface area contributed by atoms with Crippen LogP contribution in [0, 0.1) is 19.8 Å². The van der Waals surface area contributed by atoms with Gasteiger partial charge in [0.25, 0.3) is 0 Å². The number of carbonyl (C=O) groups excluding carboxylic acids is 1. The van der Waals surface area contributed by atoms with Gasteiger partial charge in [0.1, 0.15) is 5.76 Å². The molecular formula is C13H21N3O3. The number of rotatable bonds is 4. The third-order valence-corrected chi connectivity index (χ3v) is 3.72. The number of aromatic nitrogens is 1. The molecule has 0 spiro atoms. The molecule has 2 rings (SSSR count). The van der Waals surface area contributed by atoms with Crippen molar-refractivity contribution in [1.29, 1.82) is 0 Å². The summed E-state index contributed by atoms with van der Waals surface area (Å²) in [6.07, 6.45) is 0. The van der Waals surface area contributed by atoms with E-state index in [1.54, 1.807) is 11.9 Å². The van der Waals surface area contributed by atoms with Crippen LogP contribution in [0.1, 0.15) is 17.0 Å². The van der Waals surface area contributed by atoms with Crippen LogP contribution in [0.3, 0.4) is 0 Å². The molecule has 19 heavy (non-hydrogen) atoms. The predicted octanol–water partition coefficient (Wildman–Crippen LogP) is 0.484. The van der Waals surface area contributed by atoms with Crippen LogP contribution in [0.15, 0.2) is 4.52 Å². The Bertz CT molecular complexity index is 438. The SMILES string of the molecule is CNC1COCC1C(=O)N(C)Cc1c(C)noc1C. The van der Waals surface area contributed by atoms with Gasteiger partial charge in [-0.15, -0.1) is 0 Å². The molecule has 1 aromatic rings. The van der Waals surface area contributed by atoms with Crippen LogP contribution in [-0.4, -0.2) is 49.3 Å². The first-order chi connectivity index (χ1) is 9.04. The first kappa shape index (κ1) is 14.0. The Morgan fingerprint density at radius 3 is 2.79 bits per heavy atom. The van der Waals surface area contributed by atoms with Gasteiger partial charge in [0.05, 0.1) is 31.4 Å². The van der Waals surface area contributed by atoms with E-state index in [4.69, 9.17) is 9.26 Å². The predicted molar refractivity (Wildman–Crippen MR) is 69.6 cm³/mol. The molecule has 1 aromatic heterocycles. The van der Waals surface area contributed by atoms with Gasteiger partial charge in [-0.25, -0.2) is 0 Å². The van der Waals surface area contributed by atoms with E-state index in [1.807, 2.05) is 20.9 Å². The Morgan fingerprint density at radius 1 is 1.47 bits per heavy atom. The molecule has 1 fully saturated rings. The maximum atomic E-state index is 12.4. The summed E-state index contributed by atoms with van der Waals surface area (Å²) in [5.74, 6) is 0.748. The largest absolute Gasteiger partial charge is 0.379 e. The van der Waals surface area contributed by atoms with E-state index >= 15 is 0 Å². The van der Waals surface area contributed by atoms with Crippen LogP contribution in [0.25, 0.3) is 0 Å². The average Bonchev–Trinajstić information content (AvgIpc) is 2.99. The van der Waals surface area contributed by atoms with Crippen molar-refractivity contribution >= 4 is 5.91 Å². The lowest BCUT2D eigenvalue weighted by atomic mass is 10.0. The molecule has 0 radical (unpaired) electrons. The maximum absolute atomic E-state index is 12.4. The van der Waals surface area contributed by atoms with E-state index in [1.165, 1.54) is 0 Å². The molecule has 0 saturated carbocycles. The third kappa shape index (κ3) is 2.79. The quantitative estimate of drug-likeness (QED) is 0.859. The minimum atomic E-state index is -0.115. The van der Waals surface area contributed by atoms with Crippen molar-refractivity contribution < 1.29 is 14.1 Å². The molecule has 1 amide bonds. The fourth-order valence-corrected chi connectivity index (χ4v) is 2.41. The highest BCUT2D eigenvalue weighted by Crippen LogP contribution is 2.19. The summed E-state index contributed by atoms with van der Waals surface area (Å²) in [5, 5.41) is 7.04. The molecule has 1 aliphatic rings. The maximum Gasteiger partial charge on any atom is 0.229 e. The molecule has 2 unspecified atom stereocenters. The normalized spacial score (nSPS) is 22.7. The van der Waals surface area contributed by atoms with Crippen LogP contribution >= 0.6 is 0 Å². The van der Waals surface area contributed by atoms with Crippen molar-refractivity contribution in [2.45, 2.75) is 26.4 Å². The summed E-state index contributed by atoms with van der Waals surface area (Å²) in [5.41, 5.74) is 1.82. The molecule has 1 aliphatic heterocycles. The molecule has 0 aromatic carbocycles. The van der Waals surface area contributed by atoms with Gasteiger partial charge in [0, 0.05) is 18.7 Å². The highest BCUT2D eigenvalue weighted by atomic mass is 16.5. The molecule has 1 N–H and O–H groups in total. The topological polar surface area (TPSA) is 67.6 Å². The van der Waals surface area contributed by atoms with Gasteiger partial charge < -0.3 is 19.5 Å². The lowest BCUT2D eigenvalue weighted by Crippen LogP contribution is -2.43. The van der Waals surface area contributed by atoms with Crippen LogP contribution in [-0.2, 0) is 16.1 Å². The third-order valence-electron chi connectivity index (χ3n) is 3.72. The molecular weight excluding hydrogens is 246 g/mol. The minimum absolute atomic E-state index is 0.0943. The molecule has 6 nitrogen and oxygen atoms in total. The van der Waals surface area contributed by atoms with Gasteiger partial charge in [-0.05, 0) is 20.9 Å². The second-order valence-corrected chi connectivity index (χ2v) is 5.04. The zero-order valence-electron chi connectivity index (χ0n) is 11.9. The molecule has 6 heteroatoms. The van der Waals surface area contributed by atoms with Gasteiger partial charge in [0.2, 0.25) is 5.91 Å². The monoisotopic (exact) mass is 267 g/mol. The number of ether oxygens (including phenoxy) is 1. The molecule has 0 aliphatic carbocycles. The van der Waals surface area contributed by atoms with Crippen LogP contribution in [0.2, 0.25) is 0 Å². The first-order valence-corrected chi connectivity index (χ1v) is 6.46. The average molecular weight is 267 g/mol. The van der Waals surface area contributed by atoms with E-state index in [0.29, 0.717) is 19.8 Å². The van der Waals surface area contributed by atoms with Crippen LogP contribution in [0.5, 0.6) is 0 Å². The van der Waals surface area contributed by atoms with E-state index in [-0.39, 0.29) is 17.9 Å². The number of aryl methyl sites for hydroxylation is 2. The number of likely N-dealkylation sites (N-methyl/N-ethyl adjacent to an activating group) is 1. The summed E-state index contributed by atoms with van der Waals surface area (Å²) in [7, 11) is 3.66. The first-order valence-electron chi connectivity index (χ1n) is 6.46. The van der Waals surface area contributed by atoms with Gasteiger partial charge in [-0.3, -0.25) is 4.79 Å². The zero-order valence-corrected chi connectivity index (χ0v) is 11.9. The second-order valence-electron chi connectivity index (χ2n) is 5.04. The number of nitrogens with one attached hydrogen (secondary N) is 1. The number of nitrogens with zero attached hydrogens (tertiary/aromatic N) is 2. The van der Waals surface area contributed by atoms with Gasteiger partial charge in [-0.1, -0.05) is 5.16 Å². The molecule has 0 bridgehead atoms. The fourth-order valence-electron chi connectivity index (χ4n) is 2.41. The van der Waals surface area contributed by atoms with Gasteiger partial charge in [-0.2, -0.15) is 0 Å². The van der Waals surface area contributed by atoms with Gasteiger partial charge in [0.15, 0.2) is 0 Å². The molecule has 106 valence electrons. The van der Waals surface area contributed by atoms with Crippen molar-refractivity contribution in [3.8, 4) is 0 Å². The van der Waals surface area contributed by atoms with Crippen LogP contribution in [0.4, 0.5) is 0 Å². The van der Waals surface area contributed by atoms with Crippen LogP contribution < -0.4 is 5.32 Å². The second kappa shape index (κ2) is 5.71. The Labute approximate surface area is 113 Å². The summed E-state index contributed by atoms with van der Waals surface area (Å²) in [4.78, 5) is 14.1. The number of carbonyl (C=O) groups is 1. The smallest absolute Gasteiger partial charge is 0.229 e. The Morgan fingerprint density at radius 2 is 2.21 bits per heavy atom. The highest BCUT2D eigenvalue weighted by molar-refractivity contribution is 5.79. The van der Waals surface area contributed by atoms with Crippen molar-refractivity contribution in [1.82, 2.24) is 15.4 Å². The van der Waals surface area contributed by atoms with Crippen molar-refractivity contribution in [2.75, 3.05) is 27.3 Å². The lowest BCUT2D eigenvalue weighted by Gasteiger charge is -2.23. The molecule has 2 heterocycles. The fraction of sp³-hybridized carbons (Fsp3) is 0.692. The summed E-state index contributed by atoms with van der Waals surface area (Å²) < 4.78 is 10.5. The number of hydrogen-bond donors (Lipinski definition) is 1. The minimum Gasteiger partial charge on any atom is -0.379 e. The molecule has 1 saturated heterocycles. The number of hydrogen-bond acceptors (Lipinski definition) is 5. The summed E-state index contributed by atoms with van der Waals surface area (Å²) in [6, 6.07) is 0.0969. The summed E-state index contributed by atoms with van der Waals surface area (Å²) in [6.45, 7) is 5.34. The standard InChI is InChI=1S/C13H21N3O3/c1-8-10(9(2)19-15-8)5-16(4)13(17)11-6-18-7-12(11)14-3/h11-12,14H,5-7H2,1-4H3. The van der Waals surface area contributed by atoms with E-state index in [0.717, 1.165) is 17.0 Å². The van der Waals surface area contributed by atoms with E-state index in [9.17, 15) is 4.79 Å². The zero-order chi connectivity index (χ0) is 14.0. The van der Waals surface area contributed by atoms with E-state index in [2.05, 4.69) is 10.5 Å².